The lowest BCUT2D eigenvalue weighted by atomic mass is 9.81. The van der Waals surface area contributed by atoms with Gasteiger partial charge in [-0.2, -0.15) is 0 Å². The van der Waals surface area contributed by atoms with E-state index in [9.17, 15) is 19.2 Å². The summed E-state index contributed by atoms with van der Waals surface area (Å²) < 4.78 is 5.46. The summed E-state index contributed by atoms with van der Waals surface area (Å²) in [4.78, 5) is 54.3. The molecular formula is C30H34N2O5. The quantitative estimate of drug-likeness (QED) is 0.414. The number of ether oxygens (including phenoxy) is 1. The number of anilines is 1. The number of hydrogen-bond acceptors (Lipinski definition) is 5. The molecule has 0 aromatic heterocycles. The first-order chi connectivity index (χ1) is 17.9. The topological polar surface area (TPSA) is 92.8 Å². The van der Waals surface area contributed by atoms with E-state index in [1.54, 1.807) is 0 Å². The van der Waals surface area contributed by atoms with Crippen molar-refractivity contribution in [1.82, 2.24) is 4.90 Å². The number of amides is 3. The SMILES string of the molecule is CCc1cccc(CC)c1NC(=O)COC(=O)[C@H](Cc1ccccc1)N1C(=O)[C@@H]2[C@H]3CC[C@@H](C3)[C@H]2C1=O. The summed E-state index contributed by atoms with van der Waals surface area (Å²) in [6.07, 6.45) is 4.52. The van der Waals surface area contributed by atoms with Gasteiger partial charge < -0.3 is 10.1 Å². The lowest BCUT2D eigenvalue weighted by molar-refractivity contribution is -0.160. The number of carbonyl (C=O) groups excluding carboxylic acids is 4. The van der Waals surface area contributed by atoms with Gasteiger partial charge in [-0.1, -0.05) is 62.4 Å². The van der Waals surface area contributed by atoms with Crippen LogP contribution < -0.4 is 5.32 Å². The Labute approximate surface area is 217 Å². The normalized spacial score (nSPS) is 24.8. The molecule has 7 nitrogen and oxygen atoms in total. The largest absolute Gasteiger partial charge is 0.454 e. The lowest BCUT2D eigenvalue weighted by Crippen LogP contribution is -2.48. The molecule has 37 heavy (non-hydrogen) atoms. The molecule has 2 bridgehead atoms. The van der Waals surface area contributed by atoms with Crippen LogP contribution in [0.1, 0.15) is 49.8 Å². The number of benzene rings is 2. The molecule has 3 amide bonds. The minimum Gasteiger partial charge on any atom is -0.454 e. The number of para-hydroxylation sites is 1. The summed E-state index contributed by atoms with van der Waals surface area (Å²) in [6.45, 7) is 3.55. The Bertz CT molecular complexity index is 1160. The Morgan fingerprint density at radius 3 is 2.08 bits per heavy atom. The zero-order chi connectivity index (χ0) is 26.1. The Hall–Kier alpha value is -3.48. The predicted octanol–water partition coefficient (Wildman–Crippen LogP) is 3.94. The van der Waals surface area contributed by atoms with Crippen LogP contribution in [0.5, 0.6) is 0 Å². The molecule has 1 N–H and O–H groups in total. The molecule has 3 fully saturated rings. The molecule has 0 radical (unpaired) electrons. The van der Waals surface area contributed by atoms with Crippen molar-refractivity contribution in [1.29, 1.82) is 0 Å². The fraction of sp³-hybridized carbons (Fsp3) is 0.467. The average Bonchev–Trinajstić information content (AvgIpc) is 3.60. The minimum absolute atomic E-state index is 0.159. The van der Waals surface area contributed by atoms with E-state index < -0.39 is 24.5 Å². The first-order valence-electron chi connectivity index (χ1n) is 13.4. The number of nitrogens with zero attached hydrogens (tertiary/aromatic N) is 1. The third kappa shape index (κ3) is 4.67. The van der Waals surface area contributed by atoms with Gasteiger partial charge in [-0.3, -0.25) is 19.3 Å². The van der Waals surface area contributed by atoms with Crippen LogP contribution in [-0.4, -0.2) is 41.2 Å². The fourth-order valence-corrected chi connectivity index (χ4v) is 6.67. The second-order valence-corrected chi connectivity index (χ2v) is 10.5. The van der Waals surface area contributed by atoms with Crippen molar-refractivity contribution in [2.75, 3.05) is 11.9 Å². The summed E-state index contributed by atoms with van der Waals surface area (Å²) in [5, 5.41) is 2.90. The van der Waals surface area contributed by atoms with Crippen molar-refractivity contribution >= 4 is 29.4 Å². The van der Waals surface area contributed by atoms with Gasteiger partial charge in [0.1, 0.15) is 6.04 Å². The molecule has 1 saturated heterocycles. The highest BCUT2D eigenvalue weighted by molar-refractivity contribution is 6.08. The van der Waals surface area contributed by atoms with Gasteiger partial charge in [-0.05, 0) is 60.6 Å². The van der Waals surface area contributed by atoms with Gasteiger partial charge in [-0.25, -0.2) is 4.79 Å². The van der Waals surface area contributed by atoms with Crippen molar-refractivity contribution in [3.8, 4) is 0 Å². The van der Waals surface area contributed by atoms with E-state index in [0.29, 0.717) is 0 Å². The van der Waals surface area contributed by atoms with Gasteiger partial charge in [0.05, 0.1) is 11.8 Å². The molecule has 1 aliphatic heterocycles. The third-order valence-corrected chi connectivity index (χ3v) is 8.43. The lowest BCUT2D eigenvalue weighted by Gasteiger charge is -2.26. The number of nitrogens with one attached hydrogen (secondary N) is 1. The van der Waals surface area contributed by atoms with E-state index in [4.69, 9.17) is 4.74 Å². The number of likely N-dealkylation sites (tertiary alicyclic amines) is 1. The molecule has 5 rings (SSSR count). The summed E-state index contributed by atoms with van der Waals surface area (Å²) in [6, 6.07) is 14.1. The molecule has 2 aromatic rings. The van der Waals surface area contributed by atoms with Gasteiger partial charge in [0.2, 0.25) is 11.8 Å². The maximum Gasteiger partial charge on any atom is 0.330 e. The smallest absolute Gasteiger partial charge is 0.330 e. The highest BCUT2D eigenvalue weighted by atomic mass is 16.5. The van der Waals surface area contributed by atoms with Gasteiger partial charge in [0, 0.05) is 12.1 Å². The van der Waals surface area contributed by atoms with Crippen LogP contribution >= 0.6 is 0 Å². The maximum atomic E-state index is 13.5. The van der Waals surface area contributed by atoms with Crippen LogP contribution in [0.2, 0.25) is 0 Å². The monoisotopic (exact) mass is 502 g/mol. The minimum atomic E-state index is -1.09. The molecule has 2 saturated carbocycles. The molecule has 3 aliphatic rings. The van der Waals surface area contributed by atoms with Crippen LogP contribution in [0.3, 0.4) is 0 Å². The zero-order valence-electron chi connectivity index (χ0n) is 21.4. The highest BCUT2D eigenvalue weighted by Crippen LogP contribution is 2.56. The van der Waals surface area contributed by atoms with Crippen molar-refractivity contribution in [2.24, 2.45) is 23.7 Å². The summed E-state index contributed by atoms with van der Waals surface area (Å²) >= 11 is 0. The second kappa shape index (κ2) is 10.5. The molecule has 5 atom stereocenters. The summed E-state index contributed by atoms with van der Waals surface area (Å²) in [7, 11) is 0. The van der Waals surface area contributed by atoms with E-state index in [-0.39, 0.29) is 41.9 Å². The fourth-order valence-electron chi connectivity index (χ4n) is 6.67. The Balaban J connectivity index is 1.32. The van der Waals surface area contributed by atoms with E-state index >= 15 is 0 Å². The Kier molecular flexibility index (Phi) is 7.13. The first kappa shape index (κ1) is 25.2. The van der Waals surface area contributed by atoms with E-state index in [1.165, 1.54) is 0 Å². The first-order valence-corrected chi connectivity index (χ1v) is 13.4. The van der Waals surface area contributed by atoms with Crippen molar-refractivity contribution in [3.63, 3.8) is 0 Å². The molecule has 194 valence electrons. The van der Waals surface area contributed by atoms with E-state index in [0.717, 1.165) is 59.4 Å². The number of fused-ring (bicyclic) bond motifs is 5. The van der Waals surface area contributed by atoms with Crippen LogP contribution in [0, 0.1) is 23.7 Å². The number of esters is 1. The van der Waals surface area contributed by atoms with Crippen LogP contribution in [0.25, 0.3) is 0 Å². The number of imide groups is 1. The summed E-state index contributed by atoms with van der Waals surface area (Å²) in [5.41, 5.74) is 3.59. The number of hydrogen-bond donors (Lipinski definition) is 1. The Morgan fingerprint density at radius 2 is 1.51 bits per heavy atom. The second-order valence-electron chi connectivity index (χ2n) is 10.5. The molecule has 2 aromatic carbocycles. The zero-order valence-corrected chi connectivity index (χ0v) is 21.4. The molecular weight excluding hydrogens is 468 g/mol. The third-order valence-electron chi connectivity index (χ3n) is 8.43. The van der Waals surface area contributed by atoms with Crippen molar-refractivity contribution in [2.45, 2.75) is 58.4 Å². The number of rotatable bonds is 9. The van der Waals surface area contributed by atoms with Gasteiger partial charge in [0.25, 0.3) is 5.91 Å². The summed E-state index contributed by atoms with van der Waals surface area (Å²) in [5.74, 6) is -1.88. The molecule has 0 spiro atoms. The highest BCUT2D eigenvalue weighted by Gasteiger charge is 2.62. The van der Waals surface area contributed by atoms with Crippen molar-refractivity contribution in [3.05, 3.63) is 65.2 Å². The predicted molar refractivity (Wildman–Crippen MR) is 138 cm³/mol. The average molecular weight is 503 g/mol. The van der Waals surface area contributed by atoms with Crippen LogP contribution in [-0.2, 0) is 43.2 Å². The standard InChI is InChI=1S/C30H34N2O5/c1-3-19-11-8-12-20(4-2)27(19)31-24(33)17-37-30(36)23(15-18-9-6-5-7-10-18)32-28(34)25-21-13-14-22(16-21)26(25)29(32)35/h5-12,21-23,25-26H,3-4,13-17H2,1-2H3,(H,31,33)/t21-,22-,23-,25+,26+/m0/s1. The van der Waals surface area contributed by atoms with Crippen LogP contribution in [0.4, 0.5) is 5.69 Å². The maximum absolute atomic E-state index is 13.5. The van der Waals surface area contributed by atoms with Gasteiger partial charge in [0.15, 0.2) is 6.61 Å². The molecule has 7 heteroatoms. The van der Waals surface area contributed by atoms with Crippen molar-refractivity contribution < 1.29 is 23.9 Å². The number of aryl methyl sites for hydroxylation is 2. The molecule has 0 unspecified atom stereocenters. The van der Waals surface area contributed by atoms with E-state index in [1.807, 2.05) is 62.4 Å². The van der Waals surface area contributed by atoms with Gasteiger partial charge >= 0.3 is 5.97 Å². The Morgan fingerprint density at radius 1 is 0.919 bits per heavy atom. The molecule has 2 aliphatic carbocycles. The van der Waals surface area contributed by atoms with Gasteiger partial charge in [-0.15, -0.1) is 0 Å². The van der Waals surface area contributed by atoms with Crippen LogP contribution in [0.15, 0.2) is 48.5 Å². The molecule has 1 heterocycles. The van der Waals surface area contributed by atoms with E-state index in [2.05, 4.69) is 5.32 Å². The number of carbonyl (C=O) groups is 4.